The number of aromatic carboxylic acids is 1. The number of hydrogen-bond donors (Lipinski definition) is 3. The van der Waals surface area contributed by atoms with Crippen molar-refractivity contribution in [2.24, 2.45) is 0 Å². The van der Waals surface area contributed by atoms with Gasteiger partial charge in [0.25, 0.3) is 11.8 Å². The molecule has 2 amide bonds. The molecular formula is C16H18N2O7. The number of hydrogen-bond acceptors (Lipinski definition) is 7. The Balaban J connectivity index is 2.39. The molecule has 134 valence electrons. The van der Waals surface area contributed by atoms with Crippen molar-refractivity contribution in [3.63, 3.8) is 0 Å². The Hall–Kier alpha value is -3.07. The van der Waals surface area contributed by atoms with Gasteiger partial charge in [-0.05, 0) is 6.92 Å². The molecule has 1 aliphatic heterocycles. The number of amides is 2. The van der Waals surface area contributed by atoms with E-state index in [1.54, 1.807) is 6.92 Å². The maximum absolute atomic E-state index is 12.2. The molecule has 1 aliphatic rings. The fourth-order valence-corrected chi connectivity index (χ4v) is 2.32. The number of ether oxygens (including phenoxy) is 2. The van der Waals surface area contributed by atoms with Crippen molar-refractivity contribution in [1.82, 2.24) is 4.90 Å². The van der Waals surface area contributed by atoms with Gasteiger partial charge < -0.3 is 25.0 Å². The van der Waals surface area contributed by atoms with Crippen LogP contribution in [0.15, 0.2) is 23.9 Å². The van der Waals surface area contributed by atoms with E-state index in [2.05, 4.69) is 5.32 Å². The minimum absolute atomic E-state index is 0.0750. The number of rotatable bonds is 8. The SMILES string of the molecule is CCOc1cc(C(=O)O)c(NC2=CC(=O)N(CCO)C2=O)cc1OC. The van der Waals surface area contributed by atoms with Crippen molar-refractivity contribution in [2.45, 2.75) is 6.92 Å². The zero-order chi connectivity index (χ0) is 18.6. The third-order valence-corrected chi connectivity index (χ3v) is 3.44. The highest BCUT2D eigenvalue weighted by Crippen LogP contribution is 2.34. The predicted octanol–water partition coefficient (Wildman–Crippen LogP) is 0.449. The average Bonchev–Trinajstić information content (AvgIpc) is 2.83. The highest BCUT2D eigenvalue weighted by molar-refractivity contribution is 6.17. The van der Waals surface area contributed by atoms with E-state index >= 15 is 0 Å². The maximum atomic E-state index is 12.2. The third-order valence-electron chi connectivity index (χ3n) is 3.44. The van der Waals surface area contributed by atoms with E-state index < -0.39 is 17.8 Å². The number of carboxylic acids is 1. The fraction of sp³-hybridized carbons (Fsp3) is 0.312. The number of benzene rings is 1. The van der Waals surface area contributed by atoms with E-state index in [-0.39, 0.29) is 41.6 Å². The molecular weight excluding hydrogens is 332 g/mol. The average molecular weight is 350 g/mol. The number of nitrogens with one attached hydrogen (secondary N) is 1. The summed E-state index contributed by atoms with van der Waals surface area (Å²) in [6.07, 6.45) is 1.05. The number of aliphatic hydroxyl groups is 1. The molecule has 9 heteroatoms. The Kier molecular flexibility index (Phi) is 5.60. The van der Waals surface area contributed by atoms with Gasteiger partial charge in [-0.3, -0.25) is 14.5 Å². The zero-order valence-electron chi connectivity index (χ0n) is 13.7. The molecule has 25 heavy (non-hydrogen) atoms. The van der Waals surface area contributed by atoms with Crippen LogP contribution in [0.4, 0.5) is 5.69 Å². The second kappa shape index (κ2) is 7.67. The van der Waals surface area contributed by atoms with Gasteiger partial charge in [-0.1, -0.05) is 0 Å². The Morgan fingerprint density at radius 2 is 2.00 bits per heavy atom. The quantitative estimate of drug-likeness (QED) is 0.577. The molecule has 0 bridgehead atoms. The van der Waals surface area contributed by atoms with Crippen molar-refractivity contribution in [1.29, 1.82) is 0 Å². The van der Waals surface area contributed by atoms with Crippen LogP contribution < -0.4 is 14.8 Å². The summed E-state index contributed by atoms with van der Waals surface area (Å²) in [7, 11) is 1.40. The van der Waals surface area contributed by atoms with Crippen molar-refractivity contribution in [2.75, 3.05) is 32.2 Å². The fourth-order valence-electron chi connectivity index (χ4n) is 2.32. The molecule has 1 heterocycles. The van der Waals surface area contributed by atoms with Gasteiger partial charge in [-0.15, -0.1) is 0 Å². The lowest BCUT2D eigenvalue weighted by Crippen LogP contribution is -2.34. The van der Waals surface area contributed by atoms with E-state index in [9.17, 15) is 19.5 Å². The van der Waals surface area contributed by atoms with Crippen LogP contribution in [0, 0.1) is 0 Å². The molecule has 0 saturated heterocycles. The molecule has 9 nitrogen and oxygen atoms in total. The lowest BCUT2D eigenvalue weighted by molar-refractivity contribution is -0.137. The maximum Gasteiger partial charge on any atom is 0.337 e. The number of nitrogens with zero attached hydrogens (tertiary/aromatic N) is 1. The standard InChI is InChI=1S/C16H18N2O7/c1-3-25-13-6-9(16(22)23)10(7-12(13)24-2)17-11-8-14(20)18(4-5-19)15(11)21/h6-8,17,19H,3-5H2,1-2H3,(H,22,23). The first-order valence-corrected chi connectivity index (χ1v) is 7.46. The molecule has 0 aromatic heterocycles. The van der Waals surface area contributed by atoms with Gasteiger partial charge in [0, 0.05) is 18.2 Å². The van der Waals surface area contributed by atoms with E-state index in [1.165, 1.54) is 19.2 Å². The van der Waals surface area contributed by atoms with E-state index in [0.29, 0.717) is 6.61 Å². The smallest absolute Gasteiger partial charge is 0.337 e. The van der Waals surface area contributed by atoms with Crippen LogP contribution in [0.25, 0.3) is 0 Å². The summed E-state index contributed by atoms with van der Waals surface area (Å²) in [5, 5.41) is 21.0. The minimum Gasteiger partial charge on any atom is -0.493 e. The van der Waals surface area contributed by atoms with E-state index in [0.717, 1.165) is 11.0 Å². The molecule has 1 aromatic carbocycles. The zero-order valence-corrected chi connectivity index (χ0v) is 13.7. The molecule has 3 N–H and O–H groups in total. The number of aliphatic hydroxyl groups excluding tert-OH is 1. The number of carboxylic acid groups (broad SMARTS) is 1. The van der Waals surface area contributed by atoms with E-state index in [1.807, 2.05) is 0 Å². The van der Waals surface area contributed by atoms with Crippen molar-refractivity contribution in [3.05, 3.63) is 29.5 Å². The van der Waals surface area contributed by atoms with Crippen LogP contribution in [0.3, 0.4) is 0 Å². The van der Waals surface area contributed by atoms with Crippen LogP contribution in [0.1, 0.15) is 17.3 Å². The number of carbonyl (C=O) groups is 3. The number of β-amino-alcohol motifs (C(OH)–C–C–N with tert-alkyl or cyclic N) is 1. The highest BCUT2D eigenvalue weighted by atomic mass is 16.5. The van der Waals surface area contributed by atoms with Gasteiger partial charge in [0.05, 0.1) is 38.1 Å². The molecule has 0 radical (unpaired) electrons. The first kappa shape index (κ1) is 18.3. The van der Waals surface area contributed by atoms with Crippen LogP contribution in [0.5, 0.6) is 11.5 Å². The summed E-state index contributed by atoms with van der Waals surface area (Å²) in [6.45, 7) is 1.56. The van der Waals surface area contributed by atoms with E-state index in [4.69, 9.17) is 14.6 Å². The van der Waals surface area contributed by atoms with Gasteiger partial charge in [0.1, 0.15) is 5.70 Å². The van der Waals surface area contributed by atoms with Gasteiger partial charge in [-0.25, -0.2) is 4.79 Å². The van der Waals surface area contributed by atoms with Gasteiger partial charge >= 0.3 is 5.97 Å². The second-order valence-corrected chi connectivity index (χ2v) is 4.99. The number of carbonyl (C=O) groups excluding carboxylic acids is 2. The molecule has 0 atom stereocenters. The van der Waals surface area contributed by atoms with Crippen molar-refractivity contribution in [3.8, 4) is 11.5 Å². The minimum atomic E-state index is -1.24. The van der Waals surface area contributed by atoms with Crippen LogP contribution in [-0.4, -0.2) is 59.8 Å². The van der Waals surface area contributed by atoms with Crippen LogP contribution in [0.2, 0.25) is 0 Å². The van der Waals surface area contributed by atoms with Crippen LogP contribution in [-0.2, 0) is 9.59 Å². The molecule has 0 fully saturated rings. The molecule has 2 rings (SSSR count). The predicted molar refractivity (Wildman–Crippen MR) is 86.6 cm³/mol. The summed E-state index contributed by atoms with van der Waals surface area (Å²) in [5.41, 5.74) is -0.163. The number of imide groups is 1. The van der Waals surface area contributed by atoms with Gasteiger partial charge in [0.15, 0.2) is 11.5 Å². The summed E-state index contributed by atoms with van der Waals surface area (Å²) >= 11 is 0. The Morgan fingerprint density at radius 1 is 1.28 bits per heavy atom. The number of methoxy groups -OCH3 is 1. The lowest BCUT2D eigenvalue weighted by atomic mass is 10.1. The lowest BCUT2D eigenvalue weighted by Gasteiger charge is -2.16. The first-order valence-electron chi connectivity index (χ1n) is 7.46. The Labute approximate surface area is 143 Å². The summed E-state index contributed by atoms with van der Waals surface area (Å²) < 4.78 is 10.5. The third kappa shape index (κ3) is 3.72. The second-order valence-electron chi connectivity index (χ2n) is 4.99. The topological polar surface area (TPSA) is 125 Å². The van der Waals surface area contributed by atoms with Crippen molar-refractivity contribution >= 4 is 23.5 Å². The number of anilines is 1. The Morgan fingerprint density at radius 3 is 2.56 bits per heavy atom. The molecule has 0 spiro atoms. The summed E-state index contributed by atoms with van der Waals surface area (Å²) in [5.74, 6) is -1.95. The normalized spacial score (nSPS) is 13.7. The Bertz CT molecular complexity index is 742. The molecule has 0 unspecified atom stereocenters. The molecule has 0 aliphatic carbocycles. The summed E-state index contributed by atoms with van der Waals surface area (Å²) in [4.78, 5) is 36.3. The first-order chi connectivity index (χ1) is 11.9. The molecule has 0 saturated carbocycles. The van der Waals surface area contributed by atoms with Crippen LogP contribution >= 0.6 is 0 Å². The van der Waals surface area contributed by atoms with Crippen molar-refractivity contribution < 1.29 is 34.1 Å². The van der Waals surface area contributed by atoms with Gasteiger partial charge in [0.2, 0.25) is 0 Å². The largest absolute Gasteiger partial charge is 0.493 e. The summed E-state index contributed by atoms with van der Waals surface area (Å²) in [6, 6.07) is 2.65. The monoisotopic (exact) mass is 350 g/mol. The highest BCUT2D eigenvalue weighted by Gasteiger charge is 2.31. The van der Waals surface area contributed by atoms with Gasteiger partial charge in [-0.2, -0.15) is 0 Å². The molecule has 1 aromatic rings.